The molecule has 0 aliphatic carbocycles. The highest BCUT2D eigenvalue weighted by Crippen LogP contribution is 2.24. The number of hydrogen-bond donors (Lipinski definition) is 1. The molecule has 0 saturated carbocycles. The fourth-order valence-corrected chi connectivity index (χ4v) is 2.95. The lowest BCUT2D eigenvalue weighted by molar-refractivity contribution is 0.406. The van der Waals surface area contributed by atoms with Crippen molar-refractivity contribution in [2.24, 2.45) is 0 Å². The minimum absolute atomic E-state index is 0.0255. The molecule has 142 valence electrons. The second kappa shape index (κ2) is 8.15. The van der Waals surface area contributed by atoms with E-state index in [9.17, 15) is 9.18 Å². The van der Waals surface area contributed by atoms with Gasteiger partial charge < -0.3 is 14.6 Å². The molecule has 28 heavy (non-hydrogen) atoms. The number of hydrogen-bond acceptors (Lipinski definition) is 4. The first kappa shape index (κ1) is 19.5. The molecular weight excluding hydrogens is 381 g/mol. The van der Waals surface area contributed by atoms with E-state index in [1.165, 1.54) is 25.3 Å². The summed E-state index contributed by atoms with van der Waals surface area (Å²) in [5, 5.41) is 12.4. The van der Waals surface area contributed by atoms with Crippen molar-refractivity contribution >= 4 is 23.1 Å². The van der Waals surface area contributed by atoms with E-state index in [1.807, 2.05) is 13.0 Å². The summed E-state index contributed by atoms with van der Waals surface area (Å²) in [6, 6.07) is 13.2. The monoisotopic (exact) mass is 397 g/mol. The van der Waals surface area contributed by atoms with Gasteiger partial charge in [-0.05, 0) is 42.3 Å². The van der Waals surface area contributed by atoms with E-state index >= 15 is 0 Å². The van der Waals surface area contributed by atoms with Crippen LogP contribution >= 0.6 is 11.6 Å². The first-order chi connectivity index (χ1) is 13.4. The molecule has 0 bridgehead atoms. The number of nitrogens with one attached hydrogen (secondary N) is 1. The van der Waals surface area contributed by atoms with Crippen LogP contribution in [0.4, 0.5) is 15.9 Å². The predicted molar refractivity (Wildman–Crippen MR) is 107 cm³/mol. The smallest absolute Gasteiger partial charge is 0.225 e. The molecule has 3 rings (SSSR count). The van der Waals surface area contributed by atoms with Crippen LogP contribution < -0.4 is 15.5 Å². The van der Waals surface area contributed by atoms with Crippen molar-refractivity contribution in [2.75, 3.05) is 12.4 Å². The first-order valence-electron chi connectivity index (χ1n) is 8.41. The van der Waals surface area contributed by atoms with Crippen molar-refractivity contribution in [2.45, 2.75) is 13.5 Å². The van der Waals surface area contributed by atoms with Gasteiger partial charge in [-0.3, -0.25) is 4.79 Å². The van der Waals surface area contributed by atoms with Crippen LogP contribution in [0, 0.1) is 24.1 Å². The number of aryl methyl sites for hydroxylation is 1. The Labute approximate surface area is 166 Å². The number of nitrogens with zero attached hydrogens (tertiary/aromatic N) is 2. The van der Waals surface area contributed by atoms with Gasteiger partial charge in [0.25, 0.3) is 0 Å². The van der Waals surface area contributed by atoms with Gasteiger partial charge in [0.1, 0.15) is 11.6 Å². The van der Waals surface area contributed by atoms with E-state index in [4.69, 9.17) is 21.6 Å². The number of aromatic nitrogens is 1. The van der Waals surface area contributed by atoms with Crippen LogP contribution in [0.1, 0.15) is 16.7 Å². The predicted octanol–water partition coefficient (Wildman–Crippen LogP) is 4.62. The average molecular weight is 398 g/mol. The van der Waals surface area contributed by atoms with Gasteiger partial charge in [0.15, 0.2) is 5.75 Å². The van der Waals surface area contributed by atoms with Crippen LogP contribution in [-0.2, 0) is 6.54 Å². The molecule has 0 aliphatic rings. The number of halogens is 2. The molecule has 7 heteroatoms. The molecule has 0 aliphatic heterocycles. The maximum Gasteiger partial charge on any atom is 0.225 e. The number of nitriles is 1. The molecule has 0 atom stereocenters. The molecule has 2 aromatic carbocycles. The quantitative estimate of drug-likeness (QED) is 0.682. The molecule has 0 radical (unpaired) electrons. The standard InChI is InChI=1S/C21H17ClFN3O2/c1-13-3-4-14(10-24)8-18(13)25-21-9-19(27)20(28-2)12-26(21)11-15-5-6-17(23)16(22)7-15/h3-9,12,25H,11H2,1-2H3. The lowest BCUT2D eigenvalue weighted by atomic mass is 10.1. The average Bonchev–Trinajstić information content (AvgIpc) is 2.68. The van der Waals surface area contributed by atoms with E-state index in [0.29, 0.717) is 23.6 Å². The SMILES string of the molecule is COc1cn(Cc2ccc(F)c(Cl)c2)c(Nc2cc(C#N)ccc2C)cc1=O. The minimum Gasteiger partial charge on any atom is -0.491 e. The molecule has 3 aromatic rings. The number of benzene rings is 2. The zero-order valence-corrected chi connectivity index (χ0v) is 16.0. The van der Waals surface area contributed by atoms with Gasteiger partial charge in [-0.15, -0.1) is 0 Å². The molecule has 0 saturated heterocycles. The molecule has 0 unspecified atom stereocenters. The normalized spacial score (nSPS) is 10.4. The van der Waals surface area contributed by atoms with E-state index in [1.54, 1.807) is 29.0 Å². The summed E-state index contributed by atoms with van der Waals surface area (Å²) in [6.45, 7) is 2.23. The third-order valence-electron chi connectivity index (χ3n) is 4.28. The Bertz CT molecular complexity index is 1140. The molecule has 0 spiro atoms. The Morgan fingerprint density at radius 2 is 2.04 bits per heavy atom. The van der Waals surface area contributed by atoms with E-state index in [-0.39, 0.29) is 16.2 Å². The van der Waals surface area contributed by atoms with E-state index in [0.717, 1.165) is 11.1 Å². The van der Waals surface area contributed by atoms with Crippen molar-refractivity contribution in [3.63, 3.8) is 0 Å². The molecule has 1 heterocycles. The maximum absolute atomic E-state index is 13.5. The molecular formula is C21H17ClFN3O2. The highest BCUT2D eigenvalue weighted by Gasteiger charge is 2.11. The lowest BCUT2D eigenvalue weighted by Gasteiger charge is -2.18. The van der Waals surface area contributed by atoms with Gasteiger partial charge >= 0.3 is 0 Å². The molecule has 0 amide bonds. The second-order valence-electron chi connectivity index (χ2n) is 6.23. The Kier molecular flexibility index (Phi) is 5.67. The minimum atomic E-state index is -0.495. The van der Waals surface area contributed by atoms with Gasteiger partial charge in [0.05, 0.1) is 30.0 Å². The van der Waals surface area contributed by atoms with Crippen molar-refractivity contribution in [3.8, 4) is 11.8 Å². The third-order valence-corrected chi connectivity index (χ3v) is 4.57. The maximum atomic E-state index is 13.5. The number of pyridine rings is 1. The van der Waals surface area contributed by atoms with Crippen molar-refractivity contribution in [3.05, 3.63) is 86.4 Å². The molecule has 5 nitrogen and oxygen atoms in total. The van der Waals surface area contributed by atoms with Gasteiger partial charge in [-0.2, -0.15) is 5.26 Å². The van der Waals surface area contributed by atoms with Crippen molar-refractivity contribution < 1.29 is 9.13 Å². The summed E-state index contributed by atoms with van der Waals surface area (Å²) in [6.07, 6.45) is 1.57. The van der Waals surface area contributed by atoms with Crippen LogP contribution in [-0.4, -0.2) is 11.7 Å². The highest BCUT2D eigenvalue weighted by atomic mass is 35.5. The Hall–Kier alpha value is -3.30. The fraction of sp³-hybridized carbons (Fsp3) is 0.143. The van der Waals surface area contributed by atoms with Gasteiger partial charge in [-0.1, -0.05) is 23.7 Å². The Balaban J connectivity index is 2.05. The second-order valence-corrected chi connectivity index (χ2v) is 6.64. The van der Waals surface area contributed by atoms with E-state index in [2.05, 4.69) is 11.4 Å². The highest BCUT2D eigenvalue weighted by molar-refractivity contribution is 6.30. The zero-order chi connectivity index (χ0) is 20.3. The van der Waals surface area contributed by atoms with Crippen LogP contribution in [0.2, 0.25) is 5.02 Å². The van der Waals surface area contributed by atoms with E-state index < -0.39 is 5.82 Å². The summed E-state index contributed by atoms with van der Waals surface area (Å²) in [5.74, 6) is 0.191. The molecule has 1 N–H and O–H groups in total. The summed E-state index contributed by atoms with van der Waals surface area (Å²) in [4.78, 5) is 12.3. The Morgan fingerprint density at radius 3 is 2.71 bits per heavy atom. The van der Waals surface area contributed by atoms with Gasteiger partial charge in [0, 0.05) is 18.3 Å². The third kappa shape index (κ3) is 4.16. The largest absolute Gasteiger partial charge is 0.491 e. The number of anilines is 2. The number of methoxy groups -OCH3 is 1. The topological polar surface area (TPSA) is 67.0 Å². The fourth-order valence-electron chi connectivity index (χ4n) is 2.74. The van der Waals surface area contributed by atoms with Crippen LogP contribution in [0.5, 0.6) is 5.75 Å². The summed E-state index contributed by atoms with van der Waals surface area (Å²) < 4.78 is 20.4. The van der Waals surface area contributed by atoms with Crippen LogP contribution in [0.15, 0.2) is 53.5 Å². The number of rotatable bonds is 5. The first-order valence-corrected chi connectivity index (χ1v) is 8.79. The van der Waals surface area contributed by atoms with Crippen molar-refractivity contribution in [1.29, 1.82) is 5.26 Å². The molecule has 1 aromatic heterocycles. The summed E-state index contributed by atoms with van der Waals surface area (Å²) >= 11 is 5.88. The molecule has 0 fully saturated rings. The van der Waals surface area contributed by atoms with Crippen LogP contribution in [0.25, 0.3) is 0 Å². The Morgan fingerprint density at radius 1 is 1.25 bits per heavy atom. The summed E-state index contributed by atoms with van der Waals surface area (Å²) in [7, 11) is 1.42. The number of ether oxygens (including phenoxy) is 1. The van der Waals surface area contributed by atoms with Crippen molar-refractivity contribution in [1.82, 2.24) is 4.57 Å². The zero-order valence-electron chi connectivity index (χ0n) is 15.3. The van der Waals surface area contributed by atoms with Gasteiger partial charge in [0.2, 0.25) is 5.43 Å². The lowest BCUT2D eigenvalue weighted by Crippen LogP contribution is -2.14. The summed E-state index contributed by atoms with van der Waals surface area (Å²) in [5.41, 5.74) is 2.59. The van der Waals surface area contributed by atoms with Gasteiger partial charge in [-0.25, -0.2) is 4.39 Å². The van der Waals surface area contributed by atoms with Crippen LogP contribution in [0.3, 0.4) is 0 Å².